The van der Waals surface area contributed by atoms with Gasteiger partial charge in [-0.15, -0.1) is 0 Å². The molecule has 7 heteroatoms. The lowest BCUT2D eigenvalue weighted by Crippen LogP contribution is -2.44. The highest BCUT2D eigenvalue weighted by Gasteiger charge is 2.29. The second kappa shape index (κ2) is 8.44. The molecule has 2 amide bonds. The third-order valence-electron chi connectivity index (χ3n) is 4.19. The van der Waals surface area contributed by atoms with Crippen LogP contribution in [0.5, 0.6) is 0 Å². The van der Waals surface area contributed by atoms with Gasteiger partial charge in [0.05, 0.1) is 10.6 Å². The molecule has 1 saturated heterocycles. The number of carbonyl (C=O) groups excluding carboxylic acids is 2. The Morgan fingerprint density at radius 3 is 2.58 bits per heavy atom. The standard InChI is InChI=1S/C17H23ClFN3O2/c1-21(2)11-8-20-16(23)12-6-9-22(10-7-12)17(24)15-13(18)4-3-5-14(15)19/h3-5,12H,6-11H2,1-2H3,(H,20,23). The van der Waals surface area contributed by atoms with Crippen molar-refractivity contribution < 1.29 is 14.0 Å². The molecule has 1 heterocycles. The van der Waals surface area contributed by atoms with E-state index in [-0.39, 0.29) is 22.4 Å². The lowest BCUT2D eigenvalue weighted by atomic mass is 9.95. The van der Waals surface area contributed by atoms with Crippen LogP contribution in [-0.4, -0.2) is 61.9 Å². The molecule has 5 nitrogen and oxygen atoms in total. The number of carbonyl (C=O) groups is 2. The average Bonchev–Trinajstić information content (AvgIpc) is 2.54. The predicted octanol–water partition coefficient (Wildman–Crippen LogP) is 2.01. The Bertz CT molecular complexity index is 581. The zero-order chi connectivity index (χ0) is 17.7. The number of nitrogens with zero attached hydrogens (tertiary/aromatic N) is 2. The van der Waals surface area contributed by atoms with E-state index in [9.17, 15) is 14.0 Å². The zero-order valence-electron chi connectivity index (χ0n) is 14.0. The maximum absolute atomic E-state index is 13.9. The maximum Gasteiger partial charge on any atom is 0.258 e. The first-order valence-corrected chi connectivity index (χ1v) is 8.43. The van der Waals surface area contributed by atoms with Crippen LogP contribution in [0.2, 0.25) is 5.02 Å². The highest BCUT2D eigenvalue weighted by Crippen LogP contribution is 2.24. The molecule has 1 aromatic carbocycles. The Balaban J connectivity index is 1.88. The lowest BCUT2D eigenvalue weighted by Gasteiger charge is -2.31. The highest BCUT2D eigenvalue weighted by atomic mass is 35.5. The van der Waals surface area contributed by atoms with Crippen molar-refractivity contribution in [2.24, 2.45) is 5.92 Å². The monoisotopic (exact) mass is 355 g/mol. The molecular formula is C17H23ClFN3O2. The van der Waals surface area contributed by atoms with E-state index in [1.165, 1.54) is 18.2 Å². The van der Waals surface area contributed by atoms with Crippen LogP contribution < -0.4 is 5.32 Å². The van der Waals surface area contributed by atoms with Gasteiger partial charge in [0.2, 0.25) is 5.91 Å². The van der Waals surface area contributed by atoms with Crippen molar-refractivity contribution in [1.29, 1.82) is 0 Å². The van der Waals surface area contributed by atoms with Crippen molar-refractivity contribution in [2.75, 3.05) is 40.3 Å². The average molecular weight is 356 g/mol. The van der Waals surface area contributed by atoms with Crippen molar-refractivity contribution >= 4 is 23.4 Å². The van der Waals surface area contributed by atoms with E-state index < -0.39 is 11.7 Å². The van der Waals surface area contributed by atoms with Gasteiger partial charge in [-0.05, 0) is 39.1 Å². The molecule has 0 atom stereocenters. The van der Waals surface area contributed by atoms with Gasteiger partial charge in [-0.3, -0.25) is 9.59 Å². The Hall–Kier alpha value is -1.66. The summed E-state index contributed by atoms with van der Waals surface area (Å²) >= 11 is 5.95. The van der Waals surface area contributed by atoms with Gasteiger partial charge in [0.25, 0.3) is 5.91 Å². The second-order valence-electron chi connectivity index (χ2n) is 6.26. The fourth-order valence-electron chi connectivity index (χ4n) is 2.75. The molecule has 1 N–H and O–H groups in total. The van der Waals surface area contributed by atoms with Crippen molar-refractivity contribution in [2.45, 2.75) is 12.8 Å². The smallest absolute Gasteiger partial charge is 0.258 e. The number of benzene rings is 1. The first-order chi connectivity index (χ1) is 11.4. The van der Waals surface area contributed by atoms with Gasteiger partial charge in [0.15, 0.2) is 0 Å². The van der Waals surface area contributed by atoms with E-state index in [1.54, 1.807) is 4.90 Å². The summed E-state index contributed by atoms with van der Waals surface area (Å²) in [6.45, 7) is 2.25. The maximum atomic E-state index is 13.9. The Morgan fingerprint density at radius 1 is 1.33 bits per heavy atom. The summed E-state index contributed by atoms with van der Waals surface area (Å²) in [5.41, 5.74) is -0.0898. The van der Waals surface area contributed by atoms with Gasteiger partial charge >= 0.3 is 0 Å². The first kappa shape index (κ1) is 18.7. The van der Waals surface area contributed by atoms with Crippen LogP contribution in [0.25, 0.3) is 0 Å². The van der Waals surface area contributed by atoms with Gasteiger partial charge in [0.1, 0.15) is 5.82 Å². The van der Waals surface area contributed by atoms with Gasteiger partial charge in [0, 0.05) is 32.1 Å². The molecule has 0 aromatic heterocycles. The van der Waals surface area contributed by atoms with E-state index >= 15 is 0 Å². The number of likely N-dealkylation sites (tertiary alicyclic amines) is 1. The van der Waals surface area contributed by atoms with E-state index in [2.05, 4.69) is 5.32 Å². The summed E-state index contributed by atoms with van der Waals surface area (Å²) in [4.78, 5) is 28.1. The molecule has 1 aliphatic heterocycles. The normalized spacial score (nSPS) is 15.6. The molecule has 0 unspecified atom stereocenters. The lowest BCUT2D eigenvalue weighted by molar-refractivity contribution is -0.126. The predicted molar refractivity (Wildman–Crippen MR) is 91.6 cm³/mol. The summed E-state index contributed by atoms with van der Waals surface area (Å²) in [6.07, 6.45) is 1.15. The van der Waals surface area contributed by atoms with Gasteiger partial charge in [-0.1, -0.05) is 17.7 Å². The van der Waals surface area contributed by atoms with Crippen LogP contribution >= 0.6 is 11.6 Å². The SMILES string of the molecule is CN(C)CCNC(=O)C1CCN(C(=O)c2c(F)cccc2Cl)CC1. The van der Waals surface area contributed by atoms with Crippen molar-refractivity contribution in [1.82, 2.24) is 15.1 Å². The number of nitrogens with one attached hydrogen (secondary N) is 1. The minimum Gasteiger partial charge on any atom is -0.355 e. The molecule has 0 bridgehead atoms. The largest absolute Gasteiger partial charge is 0.355 e. The molecule has 0 radical (unpaired) electrons. The zero-order valence-corrected chi connectivity index (χ0v) is 14.8. The van der Waals surface area contributed by atoms with Gasteiger partial charge in [-0.25, -0.2) is 4.39 Å². The van der Waals surface area contributed by atoms with Crippen LogP contribution in [0.1, 0.15) is 23.2 Å². The molecule has 1 fully saturated rings. The van der Waals surface area contributed by atoms with E-state index in [0.29, 0.717) is 32.5 Å². The van der Waals surface area contributed by atoms with Crippen LogP contribution in [0.15, 0.2) is 18.2 Å². The van der Waals surface area contributed by atoms with Crippen LogP contribution in [0.4, 0.5) is 4.39 Å². The third kappa shape index (κ3) is 4.68. The molecular weight excluding hydrogens is 333 g/mol. The molecule has 132 valence electrons. The fraction of sp³-hybridized carbons (Fsp3) is 0.529. The van der Waals surface area contributed by atoms with Crippen molar-refractivity contribution in [3.8, 4) is 0 Å². The molecule has 0 aliphatic carbocycles. The Kier molecular flexibility index (Phi) is 6.57. The first-order valence-electron chi connectivity index (χ1n) is 8.06. The summed E-state index contributed by atoms with van der Waals surface area (Å²) in [7, 11) is 3.90. The number of hydrogen-bond acceptors (Lipinski definition) is 3. The number of amides is 2. The second-order valence-corrected chi connectivity index (χ2v) is 6.66. The number of halogens is 2. The summed E-state index contributed by atoms with van der Waals surface area (Å²) in [6, 6.07) is 4.20. The summed E-state index contributed by atoms with van der Waals surface area (Å²) in [5.74, 6) is -1.11. The van der Waals surface area contributed by atoms with Crippen LogP contribution in [0, 0.1) is 11.7 Å². The summed E-state index contributed by atoms with van der Waals surface area (Å²) < 4.78 is 13.9. The van der Waals surface area contributed by atoms with Gasteiger partial charge in [-0.2, -0.15) is 0 Å². The van der Waals surface area contributed by atoms with E-state index in [1.807, 2.05) is 19.0 Å². The third-order valence-corrected chi connectivity index (χ3v) is 4.50. The molecule has 1 aliphatic rings. The Labute approximate surface area is 146 Å². The number of hydrogen-bond donors (Lipinski definition) is 1. The van der Waals surface area contributed by atoms with E-state index in [4.69, 9.17) is 11.6 Å². The fourth-order valence-corrected chi connectivity index (χ4v) is 3.00. The number of piperidine rings is 1. The minimum atomic E-state index is -0.615. The van der Waals surface area contributed by atoms with Crippen LogP contribution in [0.3, 0.4) is 0 Å². The molecule has 24 heavy (non-hydrogen) atoms. The summed E-state index contributed by atoms with van der Waals surface area (Å²) in [5, 5.41) is 3.03. The Morgan fingerprint density at radius 2 is 2.00 bits per heavy atom. The van der Waals surface area contributed by atoms with Gasteiger partial charge < -0.3 is 15.1 Å². The van der Waals surface area contributed by atoms with E-state index in [0.717, 1.165) is 6.54 Å². The van der Waals surface area contributed by atoms with Crippen LogP contribution in [-0.2, 0) is 4.79 Å². The molecule has 1 aromatic rings. The van der Waals surface area contributed by atoms with Crippen molar-refractivity contribution in [3.63, 3.8) is 0 Å². The number of rotatable bonds is 5. The molecule has 0 spiro atoms. The topological polar surface area (TPSA) is 52.7 Å². The highest BCUT2D eigenvalue weighted by molar-refractivity contribution is 6.33. The molecule has 2 rings (SSSR count). The molecule has 0 saturated carbocycles. The minimum absolute atomic E-state index is 0.0212. The quantitative estimate of drug-likeness (QED) is 0.879. The number of likely N-dealkylation sites (N-methyl/N-ethyl adjacent to an activating group) is 1. The van der Waals surface area contributed by atoms with Crippen molar-refractivity contribution in [3.05, 3.63) is 34.6 Å².